The fourth-order valence-electron chi connectivity index (χ4n) is 2.36. The van der Waals surface area contributed by atoms with Crippen LogP contribution in [0, 0.1) is 13.8 Å². The smallest absolute Gasteiger partial charge is 0.251 e. The van der Waals surface area contributed by atoms with Gasteiger partial charge >= 0.3 is 0 Å². The summed E-state index contributed by atoms with van der Waals surface area (Å²) in [5, 5.41) is 8.09. The quantitative estimate of drug-likeness (QED) is 0.901. The molecule has 0 saturated carbocycles. The molecule has 0 fully saturated rings. The summed E-state index contributed by atoms with van der Waals surface area (Å²) < 4.78 is 23.3. The Morgan fingerprint density at radius 2 is 1.74 bits per heavy atom. The monoisotopic (exact) mass is 332 g/mol. The predicted octanol–water partition coefficient (Wildman–Crippen LogP) is 2.44. The molecule has 2 rings (SSSR count). The molecule has 5 nitrogen and oxygen atoms in total. The SMILES string of the molecule is Cc1cc(C(=O)NC(C)c2ccccc2)cc(S(N)(=O)=O)c1C. The molecular formula is C17H20N2O3S. The minimum atomic E-state index is -3.87. The van der Waals surface area contributed by atoms with Crippen molar-refractivity contribution in [1.82, 2.24) is 5.32 Å². The number of aryl methyl sites for hydroxylation is 1. The summed E-state index contributed by atoms with van der Waals surface area (Å²) in [6, 6.07) is 12.3. The molecule has 1 atom stereocenters. The second kappa shape index (κ2) is 6.52. The van der Waals surface area contributed by atoms with Gasteiger partial charge in [0, 0.05) is 5.56 Å². The second-order valence-corrected chi connectivity index (χ2v) is 7.10. The summed E-state index contributed by atoms with van der Waals surface area (Å²) in [5.41, 5.74) is 2.51. The third-order valence-electron chi connectivity index (χ3n) is 3.84. The maximum atomic E-state index is 12.4. The highest BCUT2D eigenvalue weighted by atomic mass is 32.2. The highest BCUT2D eigenvalue weighted by molar-refractivity contribution is 7.89. The fourth-order valence-corrected chi connectivity index (χ4v) is 3.24. The largest absolute Gasteiger partial charge is 0.346 e. The van der Waals surface area contributed by atoms with Gasteiger partial charge in [0.2, 0.25) is 10.0 Å². The number of nitrogens with two attached hydrogens (primary N) is 1. The van der Waals surface area contributed by atoms with Crippen LogP contribution in [0.2, 0.25) is 0 Å². The van der Waals surface area contributed by atoms with Crippen molar-refractivity contribution >= 4 is 15.9 Å². The minimum absolute atomic E-state index is 0.0185. The number of hydrogen-bond acceptors (Lipinski definition) is 3. The molecule has 0 bridgehead atoms. The van der Waals surface area contributed by atoms with Gasteiger partial charge in [0.1, 0.15) is 0 Å². The van der Waals surface area contributed by atoms with Crippen molar-refractivity contribution in [3.8, 4) is 0 Å². The molecule has 1 unspecified atom stereocenters. The Bertz CT molecular complexity index is 830. The van der Waals surface area contributed by atoms with Crippen molar-refractivity contribution in [3.63, 3.8) is 0 Å². The second-order valence-electron chi connectivity index (χ2n) is 5.57. The van der Waals surface area contributed by atoms with Crippen LogP contribution in [0.5, 0.6) is 0 Å². The van der Waals surface area contributed by atoms with E-state index in [1.165, 1.54) is 6.07 Å². The van der Waals surface area contributed by atoms with Crippen LogP contribution in [-0.4, -0.2) is 14.3 Å². The van der Waals surface area contributed by atoms with Crippen LogP contribution in [0.15, 0.2) is 47.4 Å². The molecule has 1 amide bonds. The standard InChI is InChI=1S/C17H20N2O3S/c1-11-9-15(10-16(12(11)2)23(18,21)22)17(20)19-13(3)14-7-5-4-6-8-14/h4-10,13H,1-3H3,(H,19,20)(H2,18,21,22). The molecule has 0 saturated heterocycles. The number of nitrogens with one attached hydrogen (secondary N) is 1. The zero-order valence-electron chi connectivity index (χ0n) is 13.3. The van der Waals surface area contributed by atoms with E-state index >= 15 is 0 Å². The van der Waals surface area contributed by atoms with E-state index < -0.39 is 10.0 Å². The normalized spacial score (nSPS) is 12.7. The van der Waals surface area contributed by atoms with E-state index in [2.05, 4.69) is 5.32 Å². The molecule has 0 aliphatic heterocycles. The highest BCUT2D eigenvalue weighted by Gasteiger charge is 2.18. The number of amides is 1. The number of carbonyl (C=O) groups excluding carboxylic acids is 1. The van der Waals surface area contributed by atoms with Crippen LogP contribution in [0.25, 0.3) is 0 Å². The molecule has 2 aromatic carbocycles. The molecular weight excluding hydrogens is 312 g/mol. The van der Waals surface area contributed by atoms with Crippen LogP contribution in [0.3, 0.4) is 0 Å². The predicted molar refractivity (Wildman–Crippen MR) is 89.6 cm³/mol. The van der Waals surface area contributed by atoms with Gasteiger partial charge in [-0.05, 0) is 49.6 Å². The van der Waals surface area contributed by atoms with E-state index in [0.29, 0.717) is 11.1 Å². The highest BCUT2D eigenvalue weighted by Crippen LogP contribution is 2.21. The van der Waals surface area contributed by atoms with Gasteiger partial charge in [0.15, 0.2) is 0 Å². The molecule has 0 aliphatic carbocycles. The van der Waals surface area contributed by atoms with Gasteiger partial charge in [-0.1, -0.05) is 30.3 Å². The minimum Gasteiger partial charge on any atom is -0.346 e. The van der Waals surface area contributed by atoms with Gasteiger partial charge in [-0.2, -0.15) is 0 Å². The van der Waals surface area contributed by atoms with E-state index in [-0.39, 0.29) is 22.4 Å². The van der Waals surface area contributed by atoms with Crippen LogP contribution in [-0.2, 0) is 10.0 Å². The van der Waals surface area contributed by atoms with E-state index in [1.54, 1.807) is 19.9 Å². The number of carbonyl (C=O) groups is 1. The van der Waals surface area contributed by atoms with Gasteiger partial charge in [-0.25, -0.2) is 13.6 Å². The topological polar surface area (TPSA) is 89.3 Å². The number of sulfonamides is 1. The van der Waals surface area contributed by atoms with Crippen molar-refractivity contribution in [3.05, 3.63) is 64.7 Å². The Morgan fingerprint density at radius 3 is 2.30 bits per heavy atom. The number of primary sulfonamides is 1. The molecule has 23 heavy (non-hydrogen) atoms. The van der Waals surface area contributed by atoms with Gasteiger partial charge in [-0.3, -0.25) is 4.79 Å². The lowest BCUT2D eigenvalue weighted by Crippen LogP contribution is -2.27. The summed E-state index contributed by atoms with van der Waals surface area (Å²) in [6.07, 6.45) is 0. The van der Waals surface area contributed by atoms with Crippen LogP contribution < -0.4 is 10.5 Å². The fraction of sp³-hybridized carbons (Fsp3) is 0.235. The average Bonchev–Trinajstić information content (AvgIpc) is 2.49. The molecule has 6 heteroatoms. The number of benzene rings is 2. The molecule has 0 aromatic heterocycles. The molecule has 0 aliphatic rings. The van der Waals surface area contributed by atoms with Crippen molar-refractivity contribution in [2.45, 2.75) is 31.7 Å². The molecule has 0 heterocycles. The first-order chi connectivity index (χ1) is 10.7. The van der Waals surface area contributed by atoms with Gasteiger partial charge in [-0.15, -0.1) is 0 Å². The summed E-state index contributed by atoms with van der Waals surface area (Å²) in [4.78, 5) is 12.4. The maximum absolute atomic E-state index is 12.4. The lowest BCUT2D eigenvalue weighted by atomic mass is 10.0. The first-order valence-electron chi connectivity index (χ1n) is 7.20. The first-order valence-corrected chi connectivity index (χ1v) is 8.74. The van der Waals surface area contributed by atoms with E-state index in [1.807, 2.05) is 37.3 Å². The molecule has 122 valence electrons. The van der Waals surface area contributed by atoms with E-state index in [9.17, 15) is 13.2 Å². The Hall–Kier alpha value is -2.18. The van der Waals surface area contributed by atoms with Crippen molar-refractivity contribution in [1.29, 1.82) is 0 Å². The summed E-state index contributed by atoms with van der Waals surface area (Å²) in [5.74, 6) is -0.339. The number of hydrogen-bond donors (Lipinski definition) is 2. The molecule has 2 aromatic rings. The molecule has 0 spiro atoms. The average molecular weight is 332 g/mol. The summed E-state index contributed by atoms with van der Waals surface area (Å²) in [7, 11) is -3.87. The molecule has 0 radical (unpaired) electrons. The third-order valence-corrected chi connectivity index (χ3v) is 4.87. The maximum Gasteiger partial charge on any atom is 0.251 e. The Morgan fingerprint density at radius 1 is 1.13 bits per heavy atom. The van der Waals surface area contributed by atoms with Crippen LogP contribution in [0.4, 0.5) is 0 Å². The zero-order chi connectivity index (χ0) is 17.2. The van der Waals surface area contributed by atoms with Crippen molar-refractivity contribution in [2.75, 3.05) is 0 Å². The van der Waals surface area contributed by atoms with Gasteiger partial charge < -0.3 is 5.32 Å². The van der Waals surface area contributed by atoms with Crippen LogP contribution in [0.1, 0.15) is 40.0 Å². The van der Waals surface area contributed by atoms with Crippen molar-refractivity contribution < 1.29 is 13.2 Å². The van der Waals surface area contributed by atoms with Crippen LogP contribution >= 0.6 is 0 Å². The van der Waals surface area contributed by atoms with E-state index in [0.717, 1.165) is 5.56 Å². The number of rotatable bonds is 4. The lowest BCUT2D eigenvalue weighted by Gasteiger charge is -2.16. The van der Waals surface area contributed by atoms with E-state index in [4.69, 9.17) is 5.14 Å². The third kappa shape index (κ3) is 3.97. The Labute approximate surface area is 136 Å². The zero-order valence-corrected chi connectivity index (χ0v) is 14.1. The molecule has 3 N–H and O–H groups in total. The lowest BCUT2D eigenvalue weighted by molar-refractivity contribution is 0.0939. The first kappa shape index (κ1) is 17.2. The summed E-state index contributed by atoms with van der Waals surface area (Å²) in [6.45, 7) is 5.29. The van der Waals surface area contributed by atoms with Gasteiger partial charge in [0.05, 0.1) is 10.9 Å². The van der Waals surface area contributed by atoms with Gasteiger partial charge in [0.25, 0.3) is 5.91 Å². The van der Waals surface area contributed by atoms with Crippen molar-refractivity contribution in [2.24, 2.45) is 5.14 Å². The Kier molecular flexibility index (Phi) is 4.87. The summed E-state index contributed by atoms with van der Waals surface area (Å²) >= 11 is 0. The Balaban J connectivity index is 2.32.